The number of benzene rings is 1. The molecule has 8 heteroatoms. The van der Waals surface area contributed by atoms with Crippen LogP contribution in [-0.4, -0.2) is 30.5 Å². The summed E-state index contributed by atoms with van der Waals surface area (Å²) in [4.78, 5) is 16.6. The second kappa shape index (κ2) is 8.05. The summed E-state index contributed by atoms with van der Waals surface area (Å²) >= 11 is 0. The van der Waals surface area contributed by atoms with Crippen molar-refractivity contribution in [3.8, 4) is 22.4 Å². The van der Waals surface area contributed by atoms with Crippen LogP contribution in [0.3, 0.4) is 0 Å². The second-order valence-corrected chi connectivity index (χ2v) is 6.66. The monoisotopic (exact) mass is 390 g/mol. The third-order valence-corrected chi connectivity index (χ3v) is 4.43. The first-order chi connectivity index (χ1) is 14.1. The van der Waals surface area contributed by atoms with Gasteiger partial charge in [0.25, 0.3) is 0 Å². The molecule has 7 nitrogen and oxygen atoms in total. The number of halogens is 1. The van der Waals surface area contributed by atoms with Crippen LogP contribution >= 0.6 is 0 Å². The lowest BCUT2D eigenvalue weighted by Gasteiger charge is -2.06. The number of amides is 1. The molecule has 1 N–H and O–H groups in total. The van der Waals surface area contributed by atoms with Gasteiger partial charge in [0.2, 0.25) is 5.91 Å². The number of nitrogens with one attached hydrogen (secondary N) is 1. The summed E-state index contributed by atoms with van der Waals surface area (Å²) in [5.74, 6) is -0.446. The van der Waals surface area contributed by atoms with Gasteiger partial charge in [0.15, 0.2) is 0 Å². The van der Waals surface area contributed by atoms with E-state index in [4.69, 9.17) is 0 Å². The molecule has 0 aliphatic carbocycles. The van der Waals surface area contributed by atoms with E-state index in [1.165, 1.54) is 12.1 Å². The molecule has 0 aliphatic rings. The van der Waals surface area contributed by atoms with Crippen molar-refractivity contribution in [1.82, 2.24) is 29.9 Å². The Hall–Kier alpha value is -3.81. The lowest BCUT2D eigenvalue weighted by Crippen LogP contribution is -2.27. The molecule has 1 aromatic carbocycles. The van der Waals surface area contributed by atoms with E-state index < -0.39 is 0 Å². The lowest BCUT2D eigenvalue weighted by molar-refractivity contribution is -0.122. The van der Waals surface area contributed by atoms with Gasteiger partial charge in [0.1, 0.15) is 12.4 Å². The molecule has 0 unspecified atom stereocenters. The molecule has 4 rings (SSSR count). The summed E-state index contributed by atoms with van der Waals surface area (Å²) in [5, 5.41) is 11.2. The summed E-state index contributed by atoms with van der Waals surface area (Å²) in [6, 6.07) is 9.98. The number of nitrogens with zero attached hydrogens (tertiary/aromatic N) is 5. The molecule has 0 saturated carbocycles. The molecule has 0 saturated heterocycles. The predicted molar refractivity (Wildman–Crippen MR) is 106 cm³/mol. The van der Waals surface area contributed by atoms with Crippen LogP contribution in [0.25, 0.3) is 22.4 Å². The van der Waals surface area contributed by atoms with Crippen molar-refractivity contribution in [3.05, 3.63) is 78.8 Å². The molecule has 0 radical (unpaired) electrons. The van der Waals surface area contributed by atoms with Gasteiger partial charge >= 0.3 is 0 Å². The van der Waals surface area contributed by atoms with Crippen LogP contribution < -0.4 is 5.32 Å². The van der Waals surface area contributed by atoms with Crippen LogP contribution in [0.5, 0.6) is 0 Å². The molecule has 3 aromatic heterocycles. The largest absolute Gasteiger partial charge is 0.350 e. The molecule has 0 aliphatic heterocycles. The molecule has 0 atom stereocenters. The van der Waals surface area contributed by atoms with Crippen LogP contribution in [0.2, 0.25) is 0 Å². The third kappa shape index (κ3) is 4.55. The first-order valence-electron chi connectivity index (χ1n) is 9.06. The Bertz CT molecular complexity index is 1110. The van der Waals surface area contributed by atoms with Gasteiger partial charge in [0, 0.05) is 43.3 Å². The van der Waals surface area contributed by atoms with E-state index in [1.54, 1.807) is 46.3 Å². The third-order valence-electron chi connectivity index (χ3n) is 4.43. The Balaban J connectivity index is 1.31. The Kier molecular flexibility index (Phi) is 5.15. The molecule has 0 bridgehead atoms. The fraction of sp³-hybridized carbons (Fsp3) is 0.143. The Morgan fingerprint density at radius 3 is 2.45 bits per heavy atom. The molecule has 146 valence electrons. The number of aryl methyl sites for hydroxylation is 1. The van der Waals surface area contributed by atoms with Gasteiger partial charge < -0.3 is 5.32 Å². The van der Waals surface area contributed by atoms with Gasteiger partial charge in [-0.1, -0.05) is 18.2 Å². The number of hydrogen-bond acceptors (Lipinski definition) is 4. The van der Waals surface area contributed by atoms with Crippen LogP contribution in [-0.2, 0) is 24.9 Å². The van der Waals surface area contributed by atoms with Gasteiger partial charge in [-0.25, -0.2) is 4.39 Å². The maximum absolute atomic E-state index is 13.0. The number of rotatable bonds is 6. The van der Waals surface area contributed by atoms with Crippen molar-refractivity contribution < 1.29 is 9.18 Å². The van der Waals surface area contributed by atoms with Crippen molar-refractivity contribution in [1.29, 1.82) is 0 Å². The normalized spacial score (nSPS) is 10.8. The fourth-order valence-electron chi connectivity index (χ4n) is 2.90. The van der Waals surface area contributed by atoms with Crippen molar-refractivity contribution in [2.75, 3.05) is 0 Å². The van der Waals surface area contributed by atoms with E-state index in [-0.39, 0.29) is 18.3 Å². The minimum atomic E-state index is -0.288. The SMILES string of the molecule is Cn1cc(-c2ccc(CNC(=O)Cn3cc(-c4ccc(F)cc4)cn3)cn2)cn1. The topological polar surface area (TPSA) is 77.6 Å². The average molecular weight is 390 g/mol. The molecule has 0 fully saturated rings. The van der Waals surface area contributed by atoms with E-state index in [9.17, 15) is 9.18 Å². The second-order valence-electron chi connectivity index (χ2n) is 6.66. The summed E-state index contributed by atoms with van der Waals surface area (Å²) in [6.07, 6.45) is 8.81. The van der Waals surface area contributed by atoms with Crippen LogP contribution in [0.15, 0.2) is 67.4 Å². The number of carbonyl (C=O) groups is 1. The zero-order valence-electron chi connectivity index (χ0n) is 15.8. The van der Waals surface area contributed by atoms with Gasteiger partial charge in [-0.3, -0.25) is 19.1 Å². The zero-order valence-corrected chi connectivity index (χ0v) is 15.8. The summed E-state index contributed by atoms with van der Waals surface area (Å²) in [5.41, 5.74) is 4.35. The van der Waals surface area contributed by atoms with Crippen LogP contribution in [0.4, 0.5) is 4.39 Å². The van der Waals surface area contributed by atoms with E-state index in [0.717, 1.165) is 27.9 Å². The van der Waals surface area contributed by atoms with Gasteiger partial charge in [-0.15, -0.1) is 0 Å². The lowest BCUT2D eigenvalue weighted by atomic mass is 10.1. The standard InChI is InChI=1S/C21H19FN6O/c1-27-12-18(11-25-27)20-7-2-15(8-23-20)9-24-21(29)14-28-13-17(10-26-28)16-3-5-19(22)6-4-16/h2-8,10-13H,9,14H2,1H3,(H,24,29). The Morgan fingerprint density at radius 2 is 1.76 bits per heavy atom. The summed E-state index contributed by atoms with van der Waals surface area (Å²) in [6.45, 7) is 0.480. The number of aromatic nitrogens is 5. The Morgan fingerprint density at radius 1 is 0.966 bits per heavy atom. The summed E-state index contributed by atoms with van der Waals surface area (Å²) < 4.78 is 16.3. The highest BCUT2D eigenvalue weighted by molar-refractivity contribution is 5.75. The highest BCUT2D eigenvalue weighted by Gasteiger charge is 2.07. The molecule has 3 heterocycles. The highest BCUT2D eigenvalue weighted by atomic mass is 19.1. The minimum absolute atomic E-state index is 0.0996. The van der Waals surface area contributed by atoms with Crippen LogP contribution in [0.1, 0.15) is 5.56 Å². The molecule has 4 aromatic rings. The van der Waals surface area contributed by atoms with Gasteiger partial charge in [-0.2, -0.15) is 10.2 Å². The van der Waals surface area contributed by atoms with Crippen molar-refractivity contribution >= 4 is 5.91 Å². The predicted octanol–water partition coefficient (Wildman–Crippen LogP) is 2.80. The summed E-state index contributed by atoms with van der Waals surface area (Å²) in [7, 11) is 1.86. The van der Waals surface area contributed by atoms with Crippen molar-refractivity contribution in [3.63, 3.8) is 0 Å². The zero-order chi connectivity index (χ0) is 20.2. The van der Waals surface area contributed by atoms with Gasteiger partial charge in [0.05, 0.1) is 18.1 Å². The fourth-order valence-corrected chi connectivity index (χ4v) is 2.90. The number of carbonyl (C=O) groups excluding carboxylic acids is 1. The molecule has 0 spiro atoms. The maximum atomic E-state index is 13.0. The molecular formula is C21H19FN6O. The Labute approximate surface area is 166 Å². The first-order valence-corrected chi connectivity index (χ1v) is 9.06. The van der Waals surface area contributed by atoms with Crippen molar-refractivity contribution in [2.24, 2.45) is 7.05 Å². The first kappa shape index (κ1) is 18.5. The van der Waals surface area contributed by atoms with Crippen LogP contribution in [0, 0.1) is 5.82 Å². The molecule has 1 amide bonds. The van der Waals surface area contributed by atoms with E-state index in [2.05, 4.69) is 20.5 Å². The highest BCUT2D eigenvalue weighted by Crippen LogP contribution is 2.18. The van der Waals surface area contributed by atoms with E-state index in [1.807, 2.05) is 25.4 Å². The smallest absolute Gasteiger partial charge is 0.241 e. The molecule has 29 heavy (non-hydrogen) atoms. The number of pyridine rings is 1. The average Bonchev–Trinajstić information content (AvgIpc) is 3.37. The maximum Gasteiger partial charge on any atom is 0.241 e. The quantitative estimate of drug-likeness (QED) is 0.549. The minimum Gasteiger partial charge on any atom is -0.350 e. The molecular weight excluding hydrogens is 371 g/mol. The van der Waals surface area contributed by atoms with Crippen molar-refractivity contribution in [2.45, 2.75) is 13.1 Å². The van der Waals surface area contributed by atoms with E-state index >= 15 is 0 Å². The number of hydrogen-bond donors (Lipinski definition) is 1. The van der Waals surface area contributed by atoms with E-state index in [0.29, 0.717) is 6.54 Å². The van der Waals surface area contributed by atoms with Gasteiger partial charge in [-0.05, 0) is 29.3 Å².